The minimum atomic E-state index is -0.540. The lowest BCUT2D eigenvalue weighted by atomic mass is 10.2. The second-order valence-corrected chi connectivity index (χ2v) is 5.50. The highest BCUT2D eigenvalue weighted by molar-refractivity contribution is 14.1. The quantitative estimate of drug-likeness (QED) is 0.427. The van der Waals surface area contributed by atoms with E-state index in [0.717, 1.165) is 17.3 Å². The number of carbonyl (C=O) groups is 1. The number of benzene rings is 1. The monoisotopic (exact) mass is 383 g/mol. The van der Waals surface area contributed by atoms with Gasteiger partial charge in [-0.15, -0.1) is 0 Å². The third-order valence-electron chi connectivity index (χ3n) is 2.52. The Balaban J connectivity index is 2.34. The highest BCUT2D eigenvalue weighted by atomic mass is 127. The summed E-state index contributed by atoms with van der Waals surface area (Å²) in [6.45, 7) is 0.575. The van der Waals surface area contributed by atoms with Crippen LogP contribution in [-0.2, 0) is 0 Å². The average Bonchev–Trinajstić information content (AvgIpc) is 2.36. The molecule has 1 N–H and O–H groups in total. The van der Waals surface area contributed by atoms with Gasteiger partial charge in [0.05, 0.1) is 5.56 Å². The highest BCUT2D eigenvalue weighted by Gasteiger charge is 2.11. The number of nitrogens with one attached hydrogen (secondary N) is 1. The van der Waals surface area contributed by atoms with E-state index in [4.69, 9.17) is 11.6 Å². The lowest BCUT2D eigenvalue weighted by Crippen LogP contribution is -2.25. The maximum atomic E-state index is 13.4. The van der Waals surface area contributed by atoms with Crippen molar-refractivity contribution in [1.82, 2.24) is 5.32 Å². The standard InChI is InChI=1S/C13H16ClFINO/c14-10-5-6-12(15)11(9-10)13(18)17-8-4-2-1-3-7-16/h5-6,9H,1-4,7-8H2,(H,17,18). The molecule has 0 radical (unpaired) electrons. The van der Waals surface area contributed by atoms with Gasteiger partial charge in [0, 0.05) is 11.6 Å². The van der Waals surface area contributed by atoms with E-state index < -0.39 is 11.7 Å². The van der Waals surface area contributed by atoms with Crippen LogP contribution in [-0.4, -0.2) is 16.9 Å². The zero-order valence-corrected chi connectivity index (χ0v) is 12.9. The molecule has 0 bridgehead atoms. The molecular formula is C13H16ClFINO. The molecule has 1 aromatic rings. The van der Waals surface area contributed by atoms with E-state index in [1.807, 2.05) is 0 Å². The van der Waals surface area contributed by atoms with Gasteiger partial charge in [-0.3, -0.25) is 4.79 Å². The Labute approximate surface area is 125 Å². The van der Waals surface area contributed by atoms with E-state index in [1.54, 1.807) is 0 Å². The van der Waals surface area contributed by atoms with Crippen molar-refractivity contribution in [2.45, 2.75) is 25.7 Å². The molecule has 100 valence electrons. The summed E-state index contributed by atoms with van der Waals surface area (Å²) in [5, 5.41) is 3.07. The number of rotatable bonds is 7. The van der Waals surface area contributed by atoms with E-state index in [9.17, 15) is 9.18 Å². The molecular weight excluding hydrogens is 368 g/mol. The molecule has 0 aliphatic heterocycles. The molecule has 18 heavy (non-hydrogen) atoms. The summed E-state index contributed by atoms with van der Waals surface area (Å²) in [4.78, 5) is 11.7. The van der Waals surface area contributed by atoms with Crippen molar-refractivity contribution < 1.29 is 9.18 Å². The van der Waals surface area contributed by atoms with Gasteiger partial charge in [0.25, 0.3) is 5.91 Å². The van der Waals surface area contributed by atoms with Crippen LogP contribution < -0.4 is 5.32 Å². The van der Waals surface area contributed by atoms with Crippen LogP contribution in [0, 0.1) is 5.82 Å². The van der Waals surface area contributed by atoms with E-state index in [2.05, 4.69) is 27.9 Å². The van der Waals surface area contributed by atoms with E-state index >= 15 is 0 Å². The molecule has 2 nitrogen and oxygen atoms in total. The fourth-order valence-corrected chi connectivity index (χ4v) is 2.25. The van der Waals surface area contributed by atoms with Crippen molar-refractivity contribution in [1.29, 1.82) is 0 Å². The molecule has 0 aliphatic carbocycles. The van der Waals surface area contributed by atoms with Gasteiger partial charge in [-0.2, -0.15) is 0 Å². The Morgan fingerprint density at radius 1 is 1.28 bits per heavy atom. The van der Waals surface area contributed by atoms with Crippen LogP contribution in [0.2, 0.25) is 5.02 Å². The molecule has 5 heteroatoms. The zero-order chi connectivity index (χ0) is 13.4. The predicted molar refractivity (Wildman–Crippen MR) is 81.1 cm³/mol. The van der Waals surface area contributed by atoms with E-state index in [1.165, 1.54) is 31.0 Å². The molecule has 0 atom stereocenters. The Kier molecular flexibility index (Phi) is 7.58. The summed E-state index contributed by atoms with van der Waals surface area (Å²) in [5.74, 6) is -0.939. The van der Waals surface area contributed by atoms with Crippen molar-refractivity contribution in [2.75, 3.05) is 11.0 Å². The van der Waals surface area contributed by atoms with E-state index in [0.29, 0.717) is 11.6 Å². The summed E-state index contributed by atoms with van der Waals surface area (Å²) in [6, 6.07) is 3.98. The number of carbonyl (C=O) groups excluding carboxylic acids is 1. The van der Waals surface area contributed by atoms with Gasteiger partial charge in [-0.1, -0.05) is 47.0 Å². The second-order valence-electron chi connectivity index (χ2n) is 3.98. The molecule has 1 amide bonds. The van der Waals surface area contributed by atoms with Gasteiger partial charge in [-0.05, 0) is 35.5 Å². The topological polar surface area (TPSA) is 29.1 Å². The van der Waals surface area contributed by atoms with Crippen LogP contribution in [0.25, 0.3) is 0 Å². The number of halogens is 3. The van der Waals surface area contributed by atoms with Crippen molar-refractivity contribution >= 4 is 40.1 Å². The SMILES string of the molecule is O=C(NCCCCCCI)c1cc(Cl)ccc1F. The molecule has 0 aromatic heterocycles. The maximum Gasteiger partial charge on any atom is 0.254 e. The summed E-state index contributed by atoms with van der Waals surface area (Å²) in [5.41, 5.74) is 0.00904. The van der Waals surface area contributed by atoms with Gasteiger partial charge in [0.15, 0.2) is 0 Å². The smallest absolute Gasteiger partial charge is 0.254 e. The zero-order valence-electron chi connectivity index (χ0n) is 10.0. The molecule has 0 unspecified atom stereocenters. The van der Waals surface area contributed by atoms with Crippen LogP contribution in [0.1, 0.15) is 36.0 Å². The normalized spacial score (nSPS) is 10.4. The lowest BCUT2D eigenvalue weighted by Gasteiger charge is -2.06. The third-order valence-corrected chi connectivity index (χ3v) is 3.52. The first-order valence-electron chi connectivity index (χ1n) is 5.94. The third kappa shape index (κ3) is 5.52. The van der Waals surface area contributed by atoms with Gasteiger partial charge in [0.1, 0.15) is 5.82 Å². The van der Waals surface area contributed by atoms with Gasteiger partial charge in [0.2, 0.25) is 0 Å². The summed E-state index contributed by atoms with van der Waals surface area (Å²) in [7, 11) is 0. The Morgan fingerprint density at radius 2 is 2.00 bits per heavy atom. The number of amides is 1. The Bertz CT molecular complexity index is 401. The molecule has 0 aliphatic rings. The number of hydrogen-bond donors (Lipinski definition) is 1. The minimum absolute atomic E-state index is 0.00904. The molecule has 0 heterocycles. The van der Waals surface area contributed by atoms with Crippen LogP contribution >= 0.6 is 34.2 Å². The van der Waals surface area contributed by atoms with Gasteiger partial charge < -0.3 is 5.32 Å². The Hall–Kier alpha value is -0.360. The largest absolute Gasteiger partial charge is 0.352 e. The summed E-state index contributed by atoms with van der Waals surface area (Å²) in [6.07, 6.45) is 4.38. The maximum absolute atomic E-state index is 13.4. The first-order chi connectivity index (χ1) is 8.65. The lowest BCUT2D eigenvalue weighted by molar-refractivity contribution is 0.0949. The van der Waals surface area contributed by atoms with Crippen LogP contribution in [0.3, 0.4) is 0 Å². The highest BCUT2D eigenvalue weighted by Crippen LogP contribution is 2.14. The van der Waals surface area contributed by atoms with Crippen LogP contribution in [0.4, 0.5) is 4.39 Å². The molecule has 0 saturated heterocycles. The van der Waals surface area contributed by atoms with Crippen molar-refractivity contribution in [2.24, 2.45) is 0 Å². The first kappa shape index (κ1) is 15.7. The molecule has 1 rings (SSSR count). The predicted octanol–water partition coefficient (Wildman–Crippen LogP) is 4.20. The van der Waals surface area contributed by atoms with Crippen molar-refractivity contribution in [3.8, 4) is 0 Å². The summed E-state index contributed by atoms with van der Waals surface area (Å²) >= 11 is 8.08. The van der Waals surface area contributed by atoms with Crippen LogP contribution in [0.15, 0.2) is 18.2 Å². The van der Waals surface area contributed by atoms with Crippen molar-refractivity contribution in [3.05, 3.63) is 34.6 Å². The molecule has 0 saturated carbocycles. The summed E-state index contributed by atoms with van der Waals surface area (Å²) < 4.78 is 14.5. The number of alkyl halides is 1. The molecule has 0 fully saturated rings. The minimum Gasteiger partial charge on any atom is -0.352 e. The van der Waals surface area contributed by atoms with Crippen LogP contribution in [0.5, 0.6) is 0 Å². The fourth-order valence-electron chi connectivity index (χ4n) is 1.54. The molecule has 1 aromatic carbocycles. The number of unbranched alkanes of at least 4 members (excludes halogenated alkanes) is 3. The average molecular weight is 384 g/mol. The molecule has 0 spiro atoms. The van der Waals surface area contributed by atoms with E-state index in [-0.39, 0.29) is 5.56 Å². The second kappa shape index (κ2) is 8.69. The van der Waals surface area contributed by atoms with Crippen molar-refractivity contribution in [3.63, 3.8) is 0 Å². The van der Waals surface area contributed by atoms with Gasteiger partial charge >= 0.3 is 0 Å². The van der Waals surface area contributed by atoms with Gasteiger partial charge in [-0.25, -0.2) is 4.39 Å². The first-order valence-corrected chi connectivity index (χ1v) is 7.84. The fraction of sp³-hybridized carbons (Fsp3) is 0.462. The number of hydrogen-bond acceptors (Lipinski definition) is 1. The Morgan fingerprint density at radius 3 is 2.72 bits per heavy atom.